The molecule has 0 amide bonds. The molecule has 0 spiro atoms. The number of carbonyl (C=O) groups excluding carboxylic acids is 1. The molecule has 4 aromatic rings. The summed E-state index contributed by atoms with van der Waals surface area (Å²) in [5.41, 5.74) is 1.69. The molecule has 0 aliphatic carbocycles. The van der Waals surface area contributed by atoms with Crippen LogP contribution in [0.5, 0.6) is 5.75 Å². The molecule has 0 aliphatic rings. The number of rotatable bonds is 13. The van der Waals surface area contributed by atoms with Gasteiger partial charge in [0.25, 0.3) is 12.0 Å². The van der Waals surface area contributed by atoms with Crippen molar-refractivity contribution in [3.05, 3.63) is 69.2 Å². The van der Waals surface area contributed by atoms with Gasteiger partial charge in [0.15, 0.2) is 0 Å². The van der Waals surface area contributed by atoms with E-state index in [2.05, 4.69) is 24.7 Å². The fraction of sp³-hybridized carbons (Fsp3) is 0.414. The number of esters is 1. The maximum atomic E-state index is 13.1. The first-order valence-electron chi connectivity index (χ1n) is 13.4. The van der Waals surface area contributed by atoms with E-state index in [4.69, 9.17) is 25.8 Å². The van der Waals surface area contributed by atoms with Gasteiger partial charge in [-0.1, -0.05) is 49.4 Å². The van der Waals surface area contributed by atoms with Crippen LogP contribution in [0.4, 0.5) is 8.78 Å². The van der Waals surface area contributed by atoms with Crippen molar-refractivity contribution in [3.63, 3.8) is 0 Å². The first kappa shape index (κ1) is 30.7. The third-order valence-corrected chi connectivity index (χ3v) is 8.50. The van der Waals surface area contributed by atoms with Crippen LogP contribution in [0.2, 0.25) is 30.7 Å². The number of hydrogen-bond donors (Lipinski definition) is 0. The molecular formula is C29H34ClF2N3O5Si. The van der Waals surface area contributed by atoms with E-state index in [1.165, 1.54) is 0 Å². The van der Waals surface area contributed by atoms with Gasteiger partial charge in [0, 0.05) is 43.6 Å². The molecule has 4 rings (SSSR count). The molecule has 0 bridgehead atoms. The second-order valence-corrected chi connectivity index (χ2v) is 16.9. The molecule has 0 fully saturated rings. The Hall–Kier alpha value is -3.28. The number of carbonyl (C=O) groups is 1. The SMILES string of the molecule is CCOC(=O)Cn1nc(Cc2cc3cc(Cl)c(OCC(F)F)cc3n2COCC[Si](C)(C)C)c2ccccc2c1=O. The van der Waals surface area contributed by atoms with Gasteiger partial charge in [-0.2, -0.15) is 5.10 Å². The van der Waals surface area contributed by atoms with E-state index < -0.39 is 27.1 Å². The molecule has 0 unspecified atom stereocenters. The zero-order chi connectivity index (χ0) is 29.7. The van der Waals surface area contributed by atoms with Gasteiger partial charge in [0.2, 0.25) is 0 Å². The fourth-order valence-corrected chi connectivity index (χ4v) is 5.44. The molecule has 0 aliphatic heterocycles. The zero-order valence-corrected chi connectivity index (χ0v) is 25.3. The monoisotopic (exact) mass is 605 g/mol. The summed E-state index contributed by atoms with van der Waals surface area (Å²) in [7, 11) is -1.33. The average molecular weight is 606 g/mol. The quantitative estimate of drug-likeness (QED) is 0.104. The lowest BCUT2D eigenvalue weighted by Gasteiger charge is -2.17. The molecule has 0 atom stereocenters. The van der Waals surface area contributed by atoms with Gasteiger partial charge in [-0.25, -0.2) is 13.5 Å². The van der Waals surface area contributed by atoms with E-state index in [0.29, 0.717) is 35.0 Å². The van der Waals surface area contributed by atoms with Crippen molar-refractivity contribution in [1.82, 2.24) is 14.3 Å². The fourth-order valence-electron chi connectivity index (χ4n) is 4.46. The number of nitrogens with zero attached hydrogens (tertiary/aromatic N) is 3. The van der Waals surface area contributed by atoms with Crippen LogP contribution in [0, 0.1) is 0 Å². The number of ether oxygens (including phenoxy) is 3. The molecule has 0 saturated heterocycles. The summed E-state index contributed by atoms with van der Waals surface area (Å²) in [5.74, 6) is -0.404. The molecule has 220 valence electrons. The van der Waals surface area contributed by atoms with Gasteiger partial charge >= 0.3 is 5.97 Å². The highest BCUT2D eigenvalue weighted by Gasteiger charge is 2.19. The molecule has 0 N–H and O–H groups in total. The Kier molecular flexibility index (Phi) is 9.83. The lowest BCUT2D eigenvalue weighted by molar-refractivity contribution is -0.144. The summed E-state index contributed by atoms with van der Waals surface area (Å²) in [6.45, 7) is 8.38. The summed E-state index contributed by atoms with van der Waals surface area (Å²) >= 11 is 6.38. The highest BCUT2D eigenvalue weighted by atomic mass is 35.5. The van der Waals surface area contributed by atoms with Gasteiger partial charge in [-0.3, -0.25) is 9.59 Å². The Balaban J connectivity index is 1.78. The highest BCUT2D eigenvalue weighted by molar-refractivity contribution is 6.76. The third-order valence-electron chi connectivity index (χ3n) is 6.50. The number of aromatic nitrogens is 3. The van der Waals surface area contributed by atoms with Crippen LogP contribution >= 0.6 is 11.6 Å². The third kappa shape index (κ3) is 7.72. The number of hydrogen-bond acceptors (Lipinski definition) is 6. The maximum Gasteiger partial charge on any atom is 0.327 e. The molecule has 2 heterocycles. The lowest BCUT2D eigenvalue weighted by atomic mass is 10.1. The summed E-state index contributed by atoms with van der Waals surface area (Å²) in [5, 5.41) is 6.64. The molecular weight excluding hydrogens is 572 g/mol. The van der Waals surface area contributed by atoms with Crippen molar-refractivity contribution >= 4 is 47.3 Å². The topological polar surface area (TPSA) is 84.6 Å². The van der Waals surface area contributed by atoms with E-state index in [1.807, 2.05) is 22.8 Å². The summed E-state index contributed by atoms with van der Waals surface area (Å²) in [6, 6.07) is 13.3. The van der Waals surface area contributed by atoms with Gasteiger partial charge in [-0.05, 0) is 31.2 Å². The van der Waals surface area contributed by atoms with Crippen molar-refractivity contribution in [2.75, 3.05) is 19.8 Å². The van der Waals surface area contributed by atoms with E-state index in [9.17, 15) is 18.4 Å². The van der Waals surface area contributed by atoms with E-state index in [-0.39, 0.29) is 36.2 Å². The predicted molar refractivity (Wildman–Crippen MR) is 158 cm³/mol. The van der Waals surface area contributed by atoms with Gasteiger partial charge < -0.3 is 18.8 Å². The van der Waals surface area contributed by atoms with Crippen LogP contribution in [0.3, 0.4) is 0 Å². The van der Waals surface area contributed by atoms with E-state index in [0.717, 1.165) is 21.8 Å². The second-order valence-electron chi connectivity index (χ2n) is 10.9. The van der Waals surface area contributed by atoms with Crippen molar-refractivity contribution < 1.29 is 27.8 Å². The molecule has 2 aromatic heterocycles. The molecule has 12 heteroatoms. The Bertz CT molecular complexity index is 1600. The standard InChI is InChI=1S/C29H34ClF2N3O5Si/c1-5-39-28(36)16-35-29(37)22-9-7-6-8-21(22)24(33-35)14-20-12-19-13-23(30)26(40-17-27(31)32)15-25(19)34(20)18-38-10-11-41(2,3)4/h6-9,12-13,15,27H,5,10-11,14,16-18H2,1-4H3. The average Bonchev–Trinajstić information content (AvgIpc) is 3.22. The smallest absolute Gasteiger partial charge is 0.327 e. The van der Waals surface area contributed by atoms with Crippen LogP contribution in [-0.2, 0) is 34.0 Å². The summed E-state index contributed by atoms with van der Waals surface area (Å²) < 4.78 is 45.2. The van der Waals surface area contributed by atoms with E-state index >= 15 is 0 Å². The Morgan fingerprint density at radius 3 is 2.54 bits per heavy atom. The number of benzene rings is 2. The van der Waals surface area contributed by atoms with Crippen molar-refractivity contribution in [1.29, 1.82) is 0 Å². The first-order valence-corrected chi connectivity index (χ1v) is 17.5. The zero-order valence-electron chi connectivity index (χ0n) is 23.6. The summed E-state index contributed by atoms with van der Waals surface area (Å²) in [4.78, 5) is 25.3. The molecule has 2 aromatic carbocycles. The van der Waals surface area contributed by atoms with Crippen molar-refractivity contribution in [2.24, 2.45) is 0 Å². The largest absolute Gasteiger partial charge is 0.486 e. The van der Waals surface area contributed by atoms with Crippen LogP contribution < -0.4 is 10.3 Å². The van der Waals surface area contributed by atoms with Gasteiger partial charge in [-0.15, -0.1) is 0 Å². The normalized spacial score (nSPS) is 12.0. The number of alkyl halides is 2. The molecule has 41 heavy (non-hydrogen) atoms. The highest BCUT2D eigenvalue weighted by Crippen LogP contribution is 2.33. The van der Waals surface area contributed by atoms with Crippen molar-refractivity contribution in [2.45, 2.75) is 58.7 Å². The van der Waals surface area contributed by atoms with Crippen LogP contribution in [-0.4, -0.2) is 54.6 Å². The second kappa shape index (κ2) is 13.1. The lowest BCUT2D eigenvalue weighted by Crippen LogP contribution is -2.29. The maximum absolute atomic E-state index is 13.1. The minimum Gasteiger partial charge on any atom is -0.486 e. The Morgan fingerprint density at radius 1 is 1.12 bits per heavy atom. The Morgan fingerprint density at radius 2 is 1.85 bits per heavy atom. The molecule has 0 saturated carbocycles. The van der Waals surface area contributed by atoms with Gasteiger partial charge in [0.1, 0.15) is 25.6 Å². The first-order chi connectivity index (χ1) is 19.5. The van der Waals surface area contributed by atoms with Crippen LogP contribution in [0.25, 0.3) is 21.7 Å². The Labute approximate surface area is 242 Å². The van der Waals surface area contributed by atoms with E-state index in [1.54, 1.807) is 31.2 Å². The molecule has 8 nitrogen and oxygen atoms in total. The minimum atomic E-state index is -2.64. The minimum absolute atomic E-state index is 0.152. The predicted octanol–water partition coefficient (Wildman–Crippen LogP) is 6.11. The van der Waals surface area contributed by atoms with Crippen LogP contribution in [0.15, 0.2) is 47.3 Å². The van der Waals surface area contributed by atoms with Crippen LogP contribution in [0.1, 0.15) is 18.3 Å². The number of fused-ring (bicyclic) bond motifs is 2. The summed E-state index contributed by atoms with van der Waals surface area (Å²) in [6.07, 6.45) is -2.35. The number of halogens is 3. The van der Waals surface area contributed by atoms with Crippen molar-refractivity contribution in [3.8, 4) is 5.75 Å². The molecule has 0 radical (unpaired) electrons. The van der Waals surface area contributed by atoms with Gasteiger partial charge in [0.05, 0.1) is 28.2 Å².